The molecule has 18 heavy (non-hydrogen) atoms. The van der Waals surface area contributed by atoms with Crippen LogP contribution in [0.4, 0.5) is 4.39 Å². The number of morpholine rings is 1. The van der Waals surface area contributed by atoms with Crippen LogP contribution in [-0.4, -0.2) is 42.9 Å². The smallest absolute Gasteiger partial charge is 0.267 e. The van der Waals surface area contributed by atoms with Crippen molar-refractivity contribution in [3.8, 4) is 0 Å². The second kappa shape index (κ2) is 7.47. The molecular formula is C11H15FIN3O2. The molecule has 1 rings (SSSR count). The van der Waals surface area contributed by atoms with Crippen LogP contribution in [0.1, 0.15) is 6.92 Å². The Morgan fingerprint density at radius 2 is 2.11 bits per heavy atom. The molecule has 0 aromatic carbocycles. The summed E-state index contributed by atoms with van der Waals surface area (Å²) in [4.78, 5) is 16.9. The van der Waals surface area contributed by atoms with E-state index in [2.05, 4.69) is 4.99 Å². The molecule has 1 fully saturated rings. The van der Waals surface area contributed by atoms with Gasteiger partial charge in [-0.1, -0.05) is 6.08 Å². The second-order valence-corrected chi connectivity index (χ2v) is 4.15. The Labute approximate surface area is 119 Å². The molecule has 5 nitrogen and oxygen atoms in total. The number of halogens is 2. The van der Waals surface area contributed by atoms with E-state index in [0.29, 0.717) is 26.3 Å². The Hall–Kier alpha value is -0.960. The number of nitrogens with zero attached hydrogens (tertiary/aromatic N) is 2. The lowest BCUT2D eigenvalue weighted by molar-refractivity contribution is -0.114. The molecule has 0 bridgehead atoms. The Bertz CT molecular complexity index is 401. The minimum absolute atomic E-state index is 0.0462. The normalized spacial score (nSPS) is 19.1. The monoisotopic (exact) mass is 367 g/mol. The van der Waals surface area contributed by atoms with Crippen molar-refractivity contribution in [1.82, 2.24) is 4.90 Å². The van der Waals surface area contributed by atoms with E-state index in [1.807, 2.05) is 0 Å². The molecule has 1 heterocycles. The summed E-state index contributed by atoms with van der Waals surface area (Å²) >= 11 is 1.79. The molecule has 2 N–H and O–H groups in total. The average Bonchev–Trinajstić information content (AvgIpc) is 2.39. The topological polar surface area (TPSA) is 67.9 Å². The van der Waals surface area contributed by atoms with Crippen LogP contribution < -0.4 is 5.73 Å². The number of amidine groups is 1. The molecule has 0 aromatic heterocycles. The number of carbonyl (C=O) groups excluding carboxylic acids is 1. The molecular weight excluding hydrogens is 352 g/mol. The van der Waals surface area contributed by atoms with Crippen LogP contribution >= 0.6 is 22.6 Å². The van der Waals surface area contributed by atoms with E-state index in [-0.39, 0.29) is 11.5 Å². The van der Waals surface area contributed by atoms with Gasteiger partial charge >= 0.3 is 0 Å². The highest BCUT2D eigenvalue weighted by Gasteiger charge is 2.20. The quantitative estimate of drug-likeness (QED) is 0.355. The molecule has 0 aliphatic carbocycles. The number of primary amides is 1. The van der Waals surface area contributed by atoms with Crippen LogP contribution in [0.3, 0.4) is 0 Å². The van der Waals surface area contributed by atoms with Crippen LogP contribution in [-0.2, 0) is 9.53 Å². The van der Waals surface area contributed by atoms with Gasteiger partial charge in [0.25, 0.3) is 5.91 Å². The summed E-state index contributed by atoms with van der Waals surface area (Å²) in [6, 6.07) is 0. The highest BCUT2D eigenvalue weighted by molar-refractivity contribution is 14.1. The molecule has 100 valence electrons. The van der Waals surface area contributed by atoms with Gasteiger partial charge in [-0.05, 0) is 29.5 Å². The number of carbonyl (C=O) groups is 1. The molecule has 0 unspecified atom stereocenters. The number of aliphatic imine (C=N–C) groups is 1. The maximum absolute atomic E-state index is 13.8. The van der Waals surface area contributed by atoms with Crippen LogP contribution in [0, 0.1) is 0 Å². The minimum Gasteiger partial charge on any atom is -0.378 e. The standard InChI is InChI=1S/C11H15FIN3O2/c1-2-9(10(14)17)15-11(8(12)7-13)16-3-5-18-6-4-16/h2,7H,3-6H2,1H3,(H2,14,17)/b8-7+,9-2+,15-11-. The number of hydrogen-bond acceptors (Lipinski definition) is 3. The molecule has 0 saturated carbocycles. The predicted molar refractivity (Wildman–Crippen MR) is 76.0 cm³/mol. The van der Waals surface area contributed by atoms with Crippen molar-refractivity contribution in [3.05, 3.63) is 21.7 Å². The summed E-state index contributed by atoms with van der Waals surface area (Å²) in [7, 11) is 0. The molecule has 7 heteroatoms. The van der Waals surface area contributed by atoms with Gasteiger partial charge in [0.05, 0.1) is 13.2 Å². The fraction of sp³-hybridized carbons (Fsp3) is 0.455. The van der Waals surface area contributed by atoms with Crippen molar-refractivity contribution in [3.63, 3.8) is 0 Å². The number of hydrogen-bond donors (Lipinski definition) is 1. The van der Waals surface area contributed by atoms with Gasteiger partial charge in [-0.3, -0.25) is 4.79 Å². The third-order valence-corrected chi connectivity index (χ3v) is 2.92. The lowest BCUT2D eigenvalue weighted by Crippen LogP contribution is -2.41. The molecule has 1 amide bonds. The first-order chi connectivity index (χ1) is 8.60. The maximum atomic E-state index is 13.8. The van der Waals surface area contributed by atoms with Crippen LogP contribution in [0.15, 0.2) is 26.7 Å². The van der Waals surface area contributed by atoms with Gasteiger partial charge in [0.2, 0.25) is 0 Å². The SMILES string of the molecule is C/C=C(/N=C(/C(F)=C\I)N1CCOCC1)C(N)=O. The van der Waals surface area contributed by atoms with Gasteiger partial charge in [-0.25, -0.2) is 9.38 Å². The van der Waals surface area contributed by atoms with Crippen LogP contribution in [0.5, 0.6) is 0 Å². The Kier molecular flexibility index (Phi) is 6.27. The average molecular weight is 367 g/mol. The number of nitrogens with two attached hydrogens (primary N) is 1. The summed E-state index contributed by atoms with van der Waals surface area (Å²) < 4.78 is 20.3. The summed E-state index contributed by atoms with van der Waals surface area (Å²) in [6.07, 6.45) is 1.46. The van der Waals surface area contributed by atoms with Gasteiger partial charge < -0.3 is 15.4 Å². The molecule has 1 aliphatic rings. The van der Waals surface area contributed by atoms with Crippen LogP contribution in [0.2, 0.25) is 0 Å². The van der Waals surface area contributed by atoms with Crippen molar-refractivity contribution in [1.29, 1.82) is 0 Å². The third kappa shape index (κ3) is 4.05. The first-order valence-electron chi connectivity index (χ1n) is 5.44. The Morgan fingerprint density at radius 1 is 1.50 bits per heavy atom. The number of amides is 1. The molecule has 0 atom stereocenters. The highest BCUT2D eigenvalue weighted by atomic mass is 127. The van der Waals surface area contributed by atoms with E-state index in [4.69, 9.17) is 10.5 Å². The molecule has 1 saturated heterocycles. The minimum atomic E-state index is -0.676. The van der Waals surface area contributed by atoms with Gasteiger partial charge in [0.1, 0.15) is 5.70 Å². The predicted octanol–water partition coefficient (Wildman–Crippen LogP) is 1.35. The molecule has 1 aliphatic heterocycles. The highest BCUT2D eigenvalue weighted by Crippen LogP contribution is 2.13. The fourth-order valence-corrected chi connectivity index (χ4v) is 1.75. The fourth-order valence-electron chi connectivity index (χ4n) is 1.48. The molecule has 0 aromatic rings. The lowest BCUT2D eigenvalue weighted by atomic mass is 10.3. The number of allylic oxidation sites excluding steroid dienone is 1. The van der Waals surface area contributed by atoms with E-state index < -0.39 is 11.7 Å². The van der Waals surface area contributed by atoms with Gasteiger partial charge in [0.15, 0.2) is 11.7 Å². The van der Waals surface area contributed by atoms with E-state index in [9.17, 15) is 9.18 Å². The van der Waals surface area contributed by atoms with Gasteiger partial charge in [-0.2, -0.15) is 0 Å². The van der Waals surface area contributed by atoms with Gasteiger partial charge in [0, 0.05) is 17.2 Å². The molecule has 0 spiro atoms. The lowest BCUT2D eigenvalue weighted by Gasteiger charge is -2.29. The maximum Gasteiger partial charge on any atom is 0.267 e. The largest absolute Gasteiger partial charge is 0.378 e. The van der Waals surface area contributed by atoms with Crippen molar-refractivity contribution < 1.29 is 13.9 Å². The van der Waals surface area contributed by atoms with Gasteiger partial charge in [-0.15, -0.1) is 0 Å². The zero-order valence-electron chi connectivity index (χ0n) is 10.0. The second-order valence-electron chi connectivity index (χ2n) is 3.53. The third-order valence-electron chi connectivity index (χ3n) is 2.37. The van der Waals surface area contributed by atoms with E-state index in [1.165, 1.54) is 10.2 Å². The van der Waals surface area contributed by atoms with Crippen molar-refractivity contribution in [2.45, 2.75) is 6.92 Å². The number of rotatable bonds is 3. The summed E-state index contributed by atoms with van der Waals surface area (Å²) in [5.41, 5.74) is 5.21. The first kappa shape index (κ1) is 15.1. The van der Waals surface area contributed by atoms with E-state index in [1.54, 1.807) is 34.4 Å². The van der Waals surface area contributed by atoms with E-state index in [0.717, 1.165) is 0 Å². The van der Waals surface area contributed by atoms with Crippen molar-refractivity contribution in [2.24, 2.45) is 10.7 Å². The zero-order valence-corrected chi connectivity index (χ0v) is 12.2. The van der Waals surface area contributed by atoms with Crippen LogP contribution in [0.25, 0.3) is 0 Å². The molecule has 0 radical (unpaired) electrons. The summed E-state index contributed by atoms with van der Waals surface area (Å²) in [6.45, 7) is 3.72. The van der Waals surface area contributed by atoms with Crippen molar-refractivity contribution in [2.75, 3.05) is 26.3 Å². The van der Waals surface area contributed by atoms with Crippen molar-refractivity contribution >= 4 is 34.3 Å². The summed E-state index contributed by atoms with van der Waals surface area (Å²) in [5.74, 6) is -1.04. The first-order valence-corrected chi connectivity index (χ1v) is 6.68. The Morgan fingerprint density at radius 3 is 2.56 bits per heavy atom. The van der Waals surface area contributed by atoms with E-state index >= 15 is 0 Å². The Balaban J connectivity index is 3.04. The zero-order chi connectivity index (χ0) is 13.5. The summed E-state index contributed by atoms with van der Waals surface area (Å²) in [5, 5.41) is 0. The number of ether oxygens (including phenoxy) is 1.